The van der Waals surface area contributed by atoms with Crippen molar-refractivity contribution in [2.75, 3.05) is 6.54 Å². The fourth-order valence-corrected chi connectivity index (χ4v) is 3.13. The number of hydrogen-bond acceptors (Lipinski definition) is 4. The fourth-order valence-electron chi connectivity index (χ4n) is 1.77. The van der Waals surface area contributed by atoms with E-state index in [1.54, 1.807) is 17.4 Å². The first-order valence-corrected chi connectivity index (χ1v) is 7.04. The van der Waals surface area contributed by atoms with Crippen LogP contribution in [0, 0.1) is 0 Å². The quantitative estimate of drug-likeness (QED) is 0.630. The van der Waals surface area contributed by atoms with Gasteiger partial charge in [-0.2, -0.15) is 0 Å². The molecule has 1 aliphatic rings. The number of rotatable bonds is 3. The predicted molar refractivity (Wildman–Crippen MR) is 78.2 cm³/mol. The Balaban J connectivity index is 2.32. The molecule has 0 unspecified atom stereocenters. The van der Waals surface area contributed by atoms with Crippen LogP contribution in [0.3, 0.4) is 0 Å². The minimum absolute atomic E-state index is 0.0102. The Kier molecular flexibility index (Phi) is 3.87. The molecule has 0 aromatic carbocycles. The molecule has 0 bridgehead atoms. The van der Waals surface area contributed by atoms with Crippen LogP contribution >= 0.6 is 24.0 Å². The van der Waals surface area contributed by atoms with Crippen LogP contribution in [0.1, 0.15) is 32.5 Å². The number of carbonyl (C=O) groups excluding carboxylic acids is 1. The third-order valence-electron chi connectivity index (χ3n) is 2.72. The first-order chi connectivity index (χ1) is 8.54. The summed E-state index contributed by atoms with van der Waals surface area (Å²) in [5.41, 5.74) is 0.932. The Bertz CT molecular complexity index is 519. The van der Waals surface area contributed by atoms with Gasteiger partial charge in [-0.1, -0.05) is 24.0 Å². The molecule has 0 atom stereocenters. The smallest absolute Gasteiger partial charge is 0.266 e. The lowest BCUT2D eigenvalue weighted by Gasteiger charge is -2.10. The highest BCUT2D eigenvalue weighted by molar-refractivity contribution is 8.26. The standard InChI is InChI=1S/C12H15N3OS2/c1-4-14-11(16)10(18-12(14)17)5-9-6-13-7-15(9)8(2)3/h5-8H,4H2,1-3H3. The molecular formula is C12H15N3OS2. The second-order valence-electron chi connectivity index (χ2n) is 4.25. The van der Waals surface area contributed by atoms with Crippen LogP contribution < -0.4 is 0 Å². The van der Waals surface area contributed by atoms with Crippen molar-refractivity contribution in [1.82, 2.24) is 14.5 Å². The van der Waals surface area contributed by atoms with Gasteiger partial charge in [-0.25, -0.2) is 4.98 Å². The molecule has 1 aliphatic heterocycles. The normalized spacial score (nSPS) is 18.4. The number of imidazole rings is 1. The Morgan fingerprint density at radius 2 is 2.28 bits per heavy atom. The third-order valence-corrected chi connectivity index (χ3v) is 4.10. The molecule has 0 saturated carbocycles. The summed E-state index contributed by atoms with van der Waals surface area (Å²) in [5.74, 6) is -0.0102. The lowest BCUT2D eigenvalue weighted by atomic mass is 10.3. The molecule has 1 saturated heterocycles. The molecular weight excluding hydrogens is 266 g/mol. The van der Waals surface area contributed by atoms with Gasteiger partial charge in [0.15, 0.2) is 0 Å². The number of aromatic nitrogens is 2. The Labute approximate surface area is 116 Å². The molecule has 1 aromatic heterocycles. The largest absolute Gasteiger partial charge is 0.329 e. The number of carbonyl (C=O) groups is 1. The second kappa shape index (κ2) is 5.24. The maximum Gasteiger partial charge on any atom is 0.266 e. The van der Waals surface area contributed by atoms with E-state index in [9.17, 15) is 4.79 Å². The van der Waals surface area contributed by atoms with Gasteiger partial charge in [0, 0.05) is 12.6 Å². The van der Waals surface area contributed by atoms with Crippen molar-refractivity contribution < 1.29 is 4.79 Å². The van der Waals surface area contributed by atoms with Gasteiger partial charge < -0.3 is 4.57 Å². The monoisotopic (exact) mass is 281 g/mol. The van der Waals surface area contributed by atoms with E-state index in [2.05, 4.69) is 18.8 Å². The van der Waals surface area contributed by atoms with E-state index in [4.69, 9.17) is 12.2 Å². The molecule has 0 aliphatic carbocycles. The average molecular weight is 281 g/mol. The molecule has 1 amide bonds. The van der Waals surface area contributed by atoms with Crippen molar-refractivity contribution in [3.05, 3.63) is 23.1 Å². The Hall–Kier alpha value is -1.14. The molecule has 1 fully saturated rings. The van der Waals surface area contributed by atoms with Crippen molar-refractivity contribution in [1.29, 1.82) is 0 Å². The van der Waals surface area contributed by atoms with Crippen LogP contribution in [0.5, 0.6) is 0 Å². The highest BCUT2D eigenvalue weighted by atomic mass is 32.2. The van der Waals surface area contributed by atoms with Crippen molar-refractivity contribution in [2.45, 2.75) is 26.8 Å². The minimum atomic E-state index is -0.0102. The molecule has 0 spiro atoms. The van der Waals surface area contributed by atoms with Crippen molar-refractivity contribution in [3.8, 4) is 0 Å². The number of thioether (sulfide) groups is 1. The van der Waals surface area contributed by atoms with Crippen LogP contribution in [-0.4, -0.2) is 31.2 Å². The van der Waals surface area contributed by atoms with E-state index < -0.39 is 0 Å². The predicted octanol–water partition coefficient (Wildman–Crippen LogP) is 2.69. The summed E-state index contributed by atoms with van der Waals surface area (Å²) in [6.07, 6.45) is 5.40. The first-order valence-electron chi connectivity index (χ1n) is 5.81. The topological polar surface area (TPSA) is 38.1 Å². The molecule has 6 heteroatoms. The van der Waals surface area contributed by atoms with Gasteiger partial charge in [-0.3, -0.25) is 9.69 Å². The highest BCUT2D eigenvalue weighted by Gasteiger charge is 2.30. The average Bonchev–Trinajstić information content (AvgIpc) is 2.86. The zero-order chi connectivity index (χ0) is 13.3. The first kappa shape index (κ1) is 13.3. The Morgan fingerprint density at radius 1 is 1.56 bits per heavy atom. The van der Waals surface area contributed by atoms with E-state index in [0.717, 1.165) is 5.69 Å². The van der Waals surface area contributed by atoms with E-state index in [1.165, 1.54) is 11.8 Å². The number of nitrogens with zero attached hydrogens (tertiary/aromatic N) is 3. The molecule has 4 nitrogen and oxygen atoms in total. The van der Waals surface area contributed by atoms with E-state index in [1.807, 2.05) is 17.6 Å². The number of likely N-dealkylation sites (N-methyl/N-ethyl adjacent to an activating group) is 1. The zero-order valence-electron chi connectivity index (χ0n) is 10.6. The summed E-state index contributed by atoms with van der Waals surface area (Å²) in [6.45, 7) is 6.70. The van der Waals surface area contributed by atoms with Gasteiger partial charge in [-0.15, -0.1) is 0 Å². The van der Waals surface area contributed by atoms with Gasteiger partial charge >= 0.3 is 0 Å². The summed E-state index contributed by atoms with van der Waals surface area (Å²) in [6, 6.07) is 0.315. The molecule has 1 aromatic rings. The lowest BCUT2D eigenvalue weighted by Crippen LogP contribution is -2.27. The number of hydrogen-bond donors (Lipinski definition) is 0. The molecule has 2 rings (SSSR count). The van der Waals surface area contributed by atoms with Crippen LogP contribution in [0.15, 0.2) is 17.4 Å². The van der Waals surface area contributed by atoms with Gasteiger partial charge in [0.25, 0.3) is 5.91 Å². The van der Waals surface area contributed by atoms with Crippen molar-refractivity contribution >= 4 is 40.3 Å². The van der Waals surface area contributed by atoms with Gasteiger partial charge in [0.2, 0.25) is 0 Å². The number of thiocarbonyl (C=S) groups is 1. The molecule has 2 heterocycles. The molecule has 18 heavy (non-hydrogen) atoms. The van der Waals surface area contributed by atoms with Crippen LogP contribution in [0.4, 0.5) is 0 Å². The maximum absolute atomic E-state index is 12.1. The van der Waals surface area contributed by atoms with E-state index in [0.29, 0.717) is 21.8 Å². The summed E-state index contributed by atoms with van der Waals surface area (Å²) in [5, 5.41) is 0. The summed E-state index contributed by atoms with van der Waals surface area (Å²) in [4.78, 5) is 18.5. The molecule has 96 valence electrons. The summed E-state index contributed by atoms with van der Waals surface area (Å²) >= 11 is 6.53. The van der Waals surface area contributed by atoms with Gasteiger partial charge in [0.1, 0.15) is 4.32 Å². The van der Waals surface area contributed by atoms with Crippen LogP contribution in [0.25, 0.3) is 6.08 Å². The SMILES string of the molecule is CCN1C(=O)C(=Cc2cncn2C(C)C)SC1=S. The van der Waals surface area contributed by atoms with E-state index in [-0.39, 0.29) is 5.91 Å². The minimum Gasteiger partial charge on any atom is -0.329 e. The summed E-state index contributed by atoms with van der Waals surface area (Å²) < 4.78 is 2.66. The van der Waals surface area contributed by atoms with Gasteiger partial charge in [0.05, 0.1) is 23.1 Å². The second-order valence-corrected chi connectivity index (χ2v) is 5.92. The van der Waals surface area contributed by atoms with Crippen LogP contribution in [-0.2, 0) is 4.79 Å². The van der Waals surface area contributed by atoms with Crippen LogP contribution in [0.2, 0.25) is 0 Å². The van der Waals surface area contributed by atoms with Crippen molar-refractivity contribution in [3.63, 3.8) is 0 Å². The molecule has 0 radical (unpaired) electrons. The molecule has 0 N–H and O–H groups in total. The lowest BCUT2D eigenvalue weighted by molar-refractivity contribution is -0.121. The number of amides is 1. The highest BCUT2D eigenvalue weighted by Crippen LogP contribution is 2.32. The Morgan fingerprint density at radius 3 is 2.83 bits per heavy atom. The van der Waals surface area contributed by atoms with E-state index >= 15 is 0 Å². The summed E-state index contributed by atoms with van der Waals surface area (Å²) in [7, 11) is 0. The third kappa shape index (κ3) is 2.35. The van der Waals surface area contributed by atoms with Crippen molar-refractivity contribution in [2.24, 2.45) is 0 Å². The van der Waals surface area contributed by atoms with Gasteiger partial charge in [-0.05, 0) is 26.8 Å². The zero-order valence-corrected chi connectivity index (χ0v) is 12.2. The maximum atomic E-state index is 12.1. The fraction of sp³-hybridized carbons (Fsp3) is 0.417.